The number of hydrogen-bond acceptors (Lipinski definition) is 3. The number of carbonyl (C=O) groups excluding carboxylic acids is 1. The van der Waals surface area contributed by atoms with E-state index >= 15 is 0 Å². The minimum atomic E-state index is -0.819. The van der Waals surface area contributed by atoms with Crippen molar-refractivity contribution >= 4 is 12.0 Å². The Labute approximate surface area is 117 Å². The lowest BCUT2D eigenvalue weighted by Gasteiger charge is -2.24. The molecule has 1 aromatic rings. The third kappa shape index (κ3) is 3.09. The Morgan fingerprint density at radius 1 is 1.40 bits per heavy atom. The molecule has 1 heterocycles. The van der Waals surface area contributed by atoms with Crippen molar-refractivity contribution in [2.24, 2.45) is 5.41 Å². The van der Waals surface area contributed by atoms with Crippen molar-refractivity contribution in [2.45, 2.75) is 39.2 Å². The van der Waals surface area contributed by atoms with Crippen LogP contribution in [0.1, 0.15) is 36.9 Å². The molecular formula is C13H20N4O3. The highest BCUT2D eigenvalue weighted by atomic mass is 16.4. The fourth-order valence-electron chi connectivity index (χ4n) is 2.56. The first kappa shape index (κ1) is 14.4. The van der Waals surface area contributed by atoms with Crippen LogP contribution >= 0.6 is 0 Å². The van der Waals surface area contributed by atoms with Gasteiger partial charge >= 0.3 is 12.0 Å². The molecule has 1 saturated carbocycles. The zero-order valence-corrected chi connectivity index (χ0v) is 11.5. The van der Waals surface area contributed by atoms with Gasteiger partial charge in [-0.2, -0.15) is 5.10 Å². The topological polar surface area (TPSA) is 107 Å². The predicted octanol–water partition coefficient (Wildman–Crippen LogP) is 1.16. The summed E-state index contributed by atoms with van der Waals surface area (Å²) in [5.41, 5.74) is 1.03. The molecule has 0 aromatic carbocycles. The molecule has 1 aromatic heterocycles. The van der Waals surface area contributed by atoms with E-state index in [2.05, 4.69) is 20.8 Å². The normalized spacial score (nSPS) is 16.9. The molecular weight excluding hydrogens is 260 g/mol. The smallest absolute Gasteiger partial charge is 0.315 e. The lowest BCUT2D eigenvalue weighted by molar-refractivity contribution is -0.148. The summed E-state index contributed by atoms with van der Waals surface area (Å²) in [5.74, 6) is -0.819. The van der Waals surface area contributed by atoms with Gasteiger partial charge in [0.05, 0.1) is 11.6 Å². The Hall–Kier alpha value is -2.05. The highest BCUT2D eigenvalue weighted by Crippen LogP contribution is 2.37. The first-order valence-electron chi connectivity index (χ1n) is 6.77. The number of aryl methyl sites for hydroxylation is 1. The number of amides is 2. The van der Waals surface area contributed by atoms with Gasteiger partial charge in [0.1, 0.15) is 0 Å². The highest BCUT2D eigenvalue weighted by Gasteiger charge is 2.41. The Balaban J connectivity index is 1.80. The van der Waals surface area contributed by atoms with Crippen LogP contribution in [0.5, 0.6) is 0 Å². The Morgan fingerprint density at radius 3 is 2.65 bits per heavy atom. The van der Waals surface area contributed by atoms with Crippen molar-refractivity contribution in [3.8, 4) is 0 Å². The fourth-order valence-corrected chi connectivity index (χ4v) is 2.56. The van der Waals surface area contributed by atoms with Gasteiger partial charge in [-0.3, -0.25) is 9.89 Å². The summed E-state index contributed by atoms with van der Waals surface area (Å²) in [5, 5.41) is 21.3. The second kappa shape index (κ2) is 5.94. The van der Waals surface area contributed by atoms with Crippen LogP contribution in [0.15, 0.2) is 6.20 Å². The lowest BCUT2D eigenvalue weighted by atomic mass is 9.86. The van der Waals surface area contributed by atoms with E-state index in [9.17, 15) is 14.7 Å². The fraction of sp³-hybridized carbons (Fsp3) is 0.615. The first-order valence-corrected chi connectivity index (χ1v) is 6.77. The van der Waals surface area contributed by atoms with Crippen LogP contribution in [0.3, 0.4) is 0 Å². The van der Waals surface area contributed by atoms with E-state index in [4.69, 9.17) is 0 Å². The molecule has 7 nitrogen and oxygen atoms in total. The Bertz CT molecular complexity index is 492. The van der Waals surface area contributed by atoms with Crippen LogP contribution in [0.4, 0.5) is 4.79 Å². The summed E-state index contributed by atoms with van der Waals surface area (Å²) < 4.78 is 0. The third-order valence-electron chi connectivity index (χ3n) is 3.98. The van der Waals surface area contributed by atoms with Gasteiger partial charge in [-0.15, -0.1) is 0 Å². The highest BCUT2D eigenvalue weighted by molar-refractivity contribution is 5.78. The van der Waals surface area contributed by atoms with Crippen molar-refractivity contribution in [1.82, 2.24) is 20.8 Å². The number of nitrogens with one attached hydrogen (secondary N) is 3. The maximum atomic E-state index is 11.7. The van der Waals surface area contributed by atoms with Crippen LogP contribution < -0.4 is 10.6 Å². The summed E-state index contributed by atoms with van der Waals surface area (Å²) in [4.78, 5) is 23.1. The van der Waals surface area contributed by atoms with Gasteiger partial charge in [-0.1, -0.05) is 12.8 Å². The lowest BCUT2D eigenvalue weighted by Crippen LogP contribution is -2.44. The van der Waals surface area contributed by atoms with E-state index < -0.39 is 11.4 Å². The molecule has 0 bridgehead atoms. The van der Waals surface area contributed by atoms with Gasteiger partial charge in [0.2, 0.25) is 0 Å². The number of H-pyrrole nitrogens is 1. The van der Waals surface area contributed by atoms with Crippen LogP contribution in [-0.2, 0) is 11.3 Å². The molecule has 20 heavy (non-hydrogen) atoms. The number of nitrogens with zero attached hydrogens (tertiary/aromatic N) is 1. The van der Waals surface area contributed by atoms with Crippen molar-refractivity contribution in [1.29, 1.82) is 0 Å². The summed E-state index contributed by atoms with van der Waals surface area (Å²) in [6.07, 6.45) is 4.73. The molecule has 0 unspecified atom stereocenters. The molecule has 0 spiro atoms. The SMILES string of the molecule is Cc1[nH]ncc1CNC(=O)NCC1(C(=O)O)CCCC1. The number of hydrogen-bond donors (Lipinski definition) is 4. The number of carbonyl (C=O) groups is 2. The van der Waals surface area contributed by atoms with Gasteiger partial charge in [0.15, 0.2) is 0 Å². The molecule has 2 rings (SSSR count). The third-order valence-corrected chi connectivity index (χ3v) is 3.98. The van der Waals surface area contributed by atoms with Gasteiger partial charge in [0.25, 0.3) is 0 Å². The monoisotopic (exact) mass is 280 g/mol. The zero-order chi connectivity index (χ0) is 14.6. The number of carboxylic acids is 1. The number of aromatic amines is 1. The summed E-state index contributed by atoms with van der Waals surface area (Å²) >= 11 is 0. The molecule has 4 N–H and O–H groups in total. The summed E-state index contributed by atoms with van der Waals surface area (Å²) in [6, 6.07) is -0.349. The van der Waals surface area contributed by atoms with E-state index in [0.717, 1.165) is 24.1 Å². The predicted molar refractivity (Wildman–Crippen MR) is 72.1 cm³/mol. The molecule has 7 heteroatoms. The average Bonchev–Trinajstić information content (AvgIpc) is 3.04. The minimum absolute atomic E-state index is 0.179. The molecule has 2 amide bonds. The molecule has 1 fully saturated rings. The van der Waals surface area contributed by atoms with E-state index in [-0.39, 0.29) is 12.6 Å². The Morgan fingerprint density at radius 2 is 2.10 bits per heavy atom. The molecule has 110 valence electrons. The van der Waals surface area contributed by atoms with Gasteiger partial charge < -0.3 is 15.7 Å². The second-order valence-corrected chi connectivity index (χ2v) is 5.35. The average molecular weight is 280 g/mol. The Kier molecular flexibility index (Phi) is 4.26. The zero-order valence-electron chi connectivity index (χ0n) is 11.5. The van der Waals surface area contributed by atoms with Crippen molar-refractivity contribution in [3.63, 3.8) is 0 Å². The number of aromatic nitrogens is 2. The van der Waals surface area contributed by atoms with E-state index in [1.54, 1.807) is 6.20 Å². The van der Waals surface area contributed by atoms with Crippen molar-refractivity contribution in [3.05, 3.63) is 17.5 Å². The number of urea groups is 1. The number of carboxylic acid groups (broad SMARTS) is 1. The van der Waals surface area contributed by atoms with Gasteiger partial charge in [-0.05, 0) is 19.8 Å². The van der Waals surface area contributed by atoms with Crippen molar-refractivity contribution in [2.75, 3.05) is 6.54 Å². The quantitative estimate of drug-likeness (QED) is 0.649. The molecule has 1 aliphatic rings. The largest absolute Gasteiger partial charge is 0.481 e. The maximum absolute atomic E-state index is 11.7. The minimum Gasteiger partial charge on any atom is -0.481 e. The standard InChI is InChI=1S/C13H20N4O3/c1-9-10(7-16-17-9)6-14-12(20)15-8-13(11(18)19)4-2-3-5-13/h7H,2-6,8H2,1H3,(H,16,17)(H,18,19)(H2,14,15,20). The van der Waals surface area contributed by atoms with Crippen molar-refractivity contribution < 1.29 is 14.7 Å². The molecule has 0 aliphatic heterocycles. The molecule has 0 radical (unpaired) electrons. The summed E-state index contributed by atoms with van der Waals surface area (Å²) in [7, 11) is 0. The van der Waals surface area contributed by atoms with Crippen LogP contribution in [0.2, 0.25) is 0 Å². The number of rotatable bonds is 5. The van der Waals surface area contributed by atoms with Crippen LogP contribution in [0, 0.1) is 12.3 Å². The maximum Gasteiger partial charge on any atom is 0.315 e. The summed E-state index contributed by atoms with van der Waals surface area (Å²) in [6.45, 7) is 2.42. The second-order valence-electron chi connectivity index (χ2n) is 5.35. The molecule has 0 atom stereocenters. The van der Waals surface area contributed by atoms with Gasteiger partial charge in [0, 0.05) is 24.3 Å². The van der Waals surface area contributed by atoms with E-state index in [1.165, 1.54) is 0 Å². The van der Waals surface area contributed by atoms with Crippen LogP contribution in [0.25, 0.3) is 0 Å². The van der Waals surface area contributed by atoms with Crippen LogP contribution in [-0.4, -0.2) is 33.8 Å². The van der Waals surface area contributed by atoms with E-state index in [1.807, 2.05) is 6.92 Å². The van der Waals surface area contributed by atoms with E-state index in [0.29, 0.717) is 19.4 Å². The molecule has 0 saturated heterocycles. The molecule has 1 aliphatic carbocycles. The first-order chi connectivity index (χ1) is 9.53. The van der Waals surface area contributed by atoms with Gasteiger partial charge in [-0.25, -0.2) is 4.79 Å². The number of aliphatic carboxylic acids is 1.